The van der Waals surface area contributed by atoms with Gasteiger partial charge < -0.3 is 14.1 Å². The zero-order valence-electron chi connectivity index (χ0n) is 19.2. The Morgan fingerprint density at radius 3 is 2.61 bits per heavy atom. The Morgan fingerprint density at radius 2 is 1.79 bits per heavy atom. The van der Waals surface area contributed by atoms with Crippen molar-refractivity contribution in [1.82, 2.24) is 15.1 Å². The number of hydrogen-bond donors (Lipinski definition) is 0. The smallest absolute Gasteiger partial charge is 0.247 e. The third-order valence-electron chi connectivity index (χ3n) is 5.69. The molecule has 1 fully saturated rings. The number of piperidine rings is 1. The van der Waals surface area contributed by atoms with E-state index in [1.54, 1.807) is 11.8 Å². The van der Waals surface area contributed by atoms with E-state index in [9.17, 15) is 0 Å². The fraction of sp³-hybridized carbons (Fsp3) is 0.407. The number of hydrogen-bond acceptors (Lipinski definition) is 6. The average Bonchev–Trinajstić information content (AvgIpc) is 3.34. The number of aromatic nitrogens is 2. The molecule has 6 heteroatoms. The van der Waals surface area contributed by atoms with Gasteiger partial charge in [0.2, 0.25) is 11.8 Å². The largest absolute Gasteiger partial charge is 0.493 e. The molecule has 1 aromatic heterocycles. The van der Waals surface area contributed by atoms with E-state index in [1.807, 2.05) is 42.5 Å². The number of unbranched alkanes of at least 4 members (excludes halogenated alkanes) is 1. The topological polar surface area (TPSA) is 51.4 Å². The highest BCUT2D eigenvalue weighted by Gasteiger charge is 2.09. The van der Waals surface area contributed by atoms with Crippen molar-refractivity contribution in [2.45, 2.75) is 37.9 Å². The summed E-state index contributed by atoms with van der Waals surface area (Å²) >= 11 is 1.73. The van der Waals surface area contributed by atoms with Crippen LogP contribution in [0.15, 0.2) is 65.1 Å². The molecular weight excluding hydrogens is 430 g/mol. The van der Waals surface area contributed by atoms with Crippen molar-refractivity contribution in [3.63, 3.8) is 0 Å². The first-order valence-electron chi connectivity index (χ1n) is 11.9. The number of likely N-dealkylation sites (tertiary alicyclic amines) is 1. The minimum absolute atomic E-state index is 0.572. The second kappa shape index (κ2) is 13.2. The molecule has 5 nitrogen and oxygen atoms in total. The number of ether oxygens (including phenoxy) is 1. The molecule has 3 aromatic rings. The molecule has 33 heavy (non-hydrogen) atoms. The van der Waals surface area contributed by atoms with Crippen molar-refractivity contribution in [3.05, 3.63) is 72.1 Å². The van der Waals surface area contributed by atoms with Crippen molar-refractivity contribution >= 4 is 17.8 Å². The molecule has 0 saturated carbocycles. The van der Waals surface area contributed by atoms with Gasteiger partial charge in [0.05, 0.1) is 12.4 Å². The Hall–Kier alpha value is -2.57. The predicted molar refractivity (Wildman–Crippen MR) is 136 cm³/mol. The molecule has 2 aromatic carbocycles. The summed E-state index contributed by atoms with van der Waals surface area (Å²) in [5.74, 6) is 3.67. The number of benzene rings is 2. The summed E-state index contributed by atoms with van der Waals surface area (Å²) in [5, 5.41) is 8.39. The van der Waals surface area contributed by atoms with Gasteiger partial charge >= 0.3 is 0 Å². The van der Waals surface area contributed by atoms with E-state index < -0.39 is 0 Å². The van der Waals surface area contributed by atoms with Crippen LogP contribution in [0.5, 0.6) is 5.75 Å². The number of rotatable bonds is 12. The normalized spacial score (nSPS) is 14.7. The molecule has 0 unspecified atom stereocenters. The lowest BCUT2D eigenvalue weighted by Crippen LogP contribution is -2.30. The molecule has 0 N–H and O–H groups in total. The van der Waals surface area contributed by atoms with Crippen LogP contribution < -0.4 is 4.74 Å². The van der Waals surface area contributed by atoms with E-state index in [2.05, 4.69) is 39.4 Å². The lowest BCUT2D eigenvalue weighted by atomic mass is 10.1. The van der Waals surface area contributed by atoms with E-state index >= 15 is 0 Å². The first-order valence-corrected chi connectivity index (χ1v) is 13.1. The Balaban J connectivity index is 1.15. The Labute approximate surface area is 201 Å². The van der Waals surface area contributed by atoms with Gasteiger partial charge in [-0.05, 0) is 75.1 Å². The Bertz CT molecular complexity index is 967. The summed E-state index contributed by atoms with van der Waals surface area (Å²) in [6, 6.07) is 18.2. The zero-order valence-corrected chi connectivity index (χ0v) is 20.0. The third-order valence-corrected chi connectivity index (χ3v) is 6.60. The van der Waals surface area contributed by atoms with E-state index in [4.69, 9.17) is 9.15 Å². The van der Waals surface area contributed by atoms with E-state index in [0.717, 1.165) is 23.5 Å². The Kier molecular flexibility index (Phi) is 9.44. The van der Waals surface area contributed by atoms with Crippen LogP contribution in [0.3, 0.4) is 0 Å². The van der Waals surface area contributed by atoms with Gasteiger partial charge in [-0.2, -0.15) is 0 Å². The monoisotopic (exact) mass is 463 g/mol. The van der Waals surface area contributed by atoms with Crippen LogP contribution in [0.1, 0.15) is 43.6 Å². The van der Waals surface area contributed by atoms with Crippen molar-refractivity contribution in [2.24, 2.45) is 0 Å². The summed E-state index contributed by atoms with van der Waals surface area (Å²) in [7, 11) is 0. The maximum absolute atomic E-state index is 5.84. The first-order chi connectivity index (χ1) is 16.4. The van der Waals surface area contributed by atoms with Crippen LogP contribution in [-0.4, -0.2) is 47.1 Å². The van der Waals surface area contributed by atoms with Gasteiger partial charge in [0.25, 0.3) is 0 Å². The van der Waals surface area contributed by atoms with Crippen LogP contribution in [0.2, 0.25) is 0 Å². The predicted octanol–water partition coefficient (Wildman–Crippen LogP) is 6.33. The third kappa shape index (κ3) is 8.06. The van der Waals surface area contributed by atoms with Gasteiger partial charge in [-0.25, -0.2) is 0 Å². The molecule has 1 saturated heterocycles. The quantitative estimate of drug-likeness (QED) is 0.293. The van der Waals surface area contributed by atoms with Crippen molar-refractivity contribution < 1.29 is 9.15 Å². The zero-order chi connectivity index (χ0) is 22.6. The fourth-order valence-electron chi connectivity index (χ4n) is 3.90. The van der Waals surface area contributed by atoms with Crippen LogP contribution in [0.4, 0.5) is 0 Å². The van der Waals surface area contributed by atoms with Crippen molar-refractivity contribution in [3.8, 4) is 17.2 Å². The number of allylic oxidation sites excluding steroid dienone is 1. The summed E-state index contributed by atoms with van der Waals surface area (Å²) in [6.07, 6.45) is 11.0. The molecule has 2 heterocycles. The van der Waals surface area contributed by atoms with E-state index in [1.165, 1.54) is 50.9 Å². The van der Waals surface area contributed by atoms with Crippen molar-refractivity contribution in [2.75, 3.05) is 32.0 Å². The van der Waals surface area contributed by atoms with E-state index in [0.29, 0.717) is 24.1 Å². The molecule has 1 aliphatic rings. The lowest BCUT2D eigenvalue weighted by molar-refractivity contribution is 0.227. The molecule has 174 valence electrons. The van der Waals surface area contributed by atoms with Gasteiger partial charge in [-0.3, -0.25) is 0 Å². The molecule has 1 aliphatic heterocycles. The molecular formula is C27H33N3O2S. The molecule has 0 amide bonds. The molecule has 0 aliphatic carbocycles. The van der Waals surface area contributed by atoms with Gasteiger partial charge in [0.1, 0.15) is 5.75 Å². The molecule has 0 atom stereocenters. The molecule has 4 rings (SSSR count). The summed E-state index contributed by atoms with van der Waals surface area (Å²) < 4.78 is 11.5. The number of thioether (sulfide) groups is 1. The summed E-state index contributed by atoms with van der Waals surface area (Å²) in [6.45, 7) is 4.44. The molecule has 0 bridgehead atoms. The van der Waals surface area contributed by atoms with Crippen LogP contribution in [0.25, 0.3) is 17.5 Å². The van der Waals surface area contributed by atoms with Gasteiger partial charge in [0, 0.05) is 11.3 Å². The first kappa shape index (κ1) is 23.6. The van der Waals surface area contributed by atoms with E-state index in [-0.39, 0.29) is 0 Å². The van der Waals surface area contributed by atoms with Crippen LogP contribution in [-0.2, 0) is 5.75 Å². The van der Waals surface area contributed by atoms with Crippen molar-refractivity contribution in [1.29, 1.82) is 0 Å². The maximum atomic E-state index is 5.84. The fourth-order valence-corrected chi connectivity index (χ4v) is 4.53. The van der Waals surface area contributed by atoms with Gasteiger partial charge in [0.15, 0.2) is 0 Å². The minimum atomic E-state index is 0.572. The standard InChI is InChI=1S/C27H33N3O2S/c1-5-11-25(12-6-1)31-20-21-33-22-26-28-29-27(32-26)24-15-13-23(14-16-24)10-4-2-7-17-30-18-8-3-9-19-30/h1,4-6,10-16H,2-3,7-9,17-22H2. The second-order valence-electron chi connectivity index (χ2n) is 8.28. The second-order valence-corrected chi connectivity index (χ2v) is 9.39. The highest BCUT2D eigenvalue weighted by Crippen LogP contribution is 2.21. The summed E-state index contributed by atoms with van der Waals surface area (Å²) in [5.41, 5.74) is 2.15. The van der Waals surface area contributed by atoms with Crippen LogP contribution in [0, 0.1) is 0 Å². The highest BCUT2D eigenvalue weighted by molar-refractivity contribution is 7.98. The summed E-state index contributed by atoms with van der Waals surface area (Å²) in [4.78, 5) is 2.60. The highest BCUT2D eigenvalue weighted by atomic mass is 32.2. The average molecular weight is 464 g/mol. The van der Waals surface area contributed by atoms with Gasteiger partial charge in [-0.1, -0.05) is 48.9 Å². The maximum Gasteiger partial charge on any atom is 0.247 e. The SMILES string of the molecule is C(=Cc1ccc(-c2nnc(CSCCOc3ccccc3)o2)cc1)CCCN1CCCCC1. The van der Waals surface area contributed by atoms with Crippen LogP contribution >= 0.6 is 11.8 Å². The van der Waals surface area contributed by atoms with Gasteiger partial charge in [-0.15, -0.1) is 22.0 Å². The Morgan fingerprint density at radius 1 is 0.970 bits per heavy atom. The minimum Gasteiger partial charge on any atom is -0.493 e. The lowest BCUT2D eigenvalue weighted by Gasteiger charge is -2.25. The number of nitrogens with zero attached hydrogens (tertiary/aromatic N) is 3. The molecule has 0 radical (unpaired) electrons. The molecule has 0 spiro atoms. The number of para-hydroxylation sites is 1.